The molecule has 0 fully saturated rings. The van der Waals surface area contributed by atoms with Crippen molar-refractivity contribution in [1.29, 1.82) is 0 Å². The van der Waals surface area contributed by atoms with Gasteiger partial charge in [-0.05, 0) is 11.1 Å². The van der Waals surface area contributed by atoms with Gasteiger partial charge >= 0.3 is 41.9 Å². The molecular weight excluding hydrogens is 575 g/mol. The summed E-state index contributed by atoms with van der Waals surface area (Å²) in [5, 5.41) is 5.31. The maximum absolute atomic E-state index is 2.31. The van der Waals surface area contributed by atoms with Gasteiger partial charge in [-0.25, -0.2) is 0 Å². The van der Waals surface area contributed by atoms with E-state index in [2.05, 4.69) is 147 Å². The molecule has 6 aromatic rings. The third-order valence-corrected chi connectivity index (χ3v) is 5.53. The van der Waals surface area contributed by atoms with Crippen molar-refractivity contribution >= 4 is 51.8 Å². The van der Waals surface area contributed by atoms with Crippen molar-refractivity contribution in [2.45, 2.75) is 13.1 Å². The second kappa shape index (κ2) is 15.1. The zero-order valence-corrected chi connectivity index (χ0v) is 25.6. The fraction of sp³-hybridized carbons (Fsp3) is 0.0625. The van der Waals surface area contributed by atoms with Crippen LogP contribution in [0.15, 0.2) is 133 Å². The average molecular weight is 605 g/mol. The largest absolute Gasteiger partial charge is 0.168 e. The summed E-state index contributed by atoms with van der Waals surface area (Å²) in [6, 6.07) is 46.8. The fourth-order valence-electron chi connectivity index (χ4n) is 4.06. The summed E-state index contributed by atoms with van der Waals surface area (Å²) in [4.78, 5) is 0. The Balaban J connectivity index is 0.000000211. The van der Waals surface area contributed by atoms with Gasteiger partial charge in [0, 0.05) is 0 Å². The smallest absolute Gasteiger partial charge is 0.0279 e. The summed E-state index contributed by atoms with van der Waals surface area (Å²) in [5.41, 5.74) is 5.42. The summed E-state index contributed by atoms with van der Waals surface area (Å²) in [7, 11) is 0. The normalized spacial score (nSPS) is 9.67. The quantitative estimate of drug-likeness (QED) is 0.136. The van der Waals surface area contributed by atoms with Gasteiger partial charge in [-0.1, -0.05) is 83.9 Å². The molecule has 0 nitrogen and oxygen atoms in total. The van der Waals surface area contributed by atoms with Crippen LogP contribution in [-0.4, -0.2) is 5.43 Å². The maximum Gasteiger partial charge on any atom is -0.0279 e. The molecule has 0 amide bonds. The Labute approximate surface area is 242 Å². The molecule has 0 N–H and O–H groups in total. The van der Waals surface area contributed by atoms with Crippen LogP contribution in [0, 0.1) is 0 Å². The standard InChI is InChI=1S/2C15H11.C2H6Si.2ClH.Zr/c2*1-2-6-12(7-3-1)14-10-4-8-13-9-5-11-15(13)14;1-3-2;;;/h2*1-11H;1-2H3;2*1H;/q2*-1;;;;+2. The molecule has 0 saturated heterocycles. The predicted octanol–water partition coefficient (Wildman–Crippen LogP) is 10.1. The maximum atomic E-state index is 2.31. The third kappa shape index (κ3) is 7.89. The van der Waals surface area contributed by atoms with Gasteiger partial charge in [0.15, 0.2) is 0 Å². The molecule has 4 heteroatoms. The summed E-state index contributed by atoms with van der Waals surface area (Å²) < 4.78 is 0. The minimum atomic E-state index is 0. The number of hydrogen-bond donors (Lipinski definition) is 0. The average Bonchev–Trinajstić information content (AvgIpc) is 3.54. The van der Waals surface area contributed by atoms with Gasteiger partial charge in [0.05, 0.1) is 0 Å². The topological polar surface area (TPSA) is 0 Å². The van der Waals surface area contributed by atoms with E-state index in [0.29, 0.717) is 0 Å². The summed E-state index contributed by atoms with van der Waals surface area (Å²) in [6.45, 7) is 4.62. The second-order valence-corrected chi connectivity index (χ2v) is 17.8. The molecule has 0 bridgehead atoms. The Kier molecular flexibility index (Phi) is 12.6. The molecule has 180 valence electrons. The molecule has 0 unspecified atom stereocenters. The molecule has 6 rings (SSSR count). The molecular formula is C32H30Cl2SiZr. The molecule has 0 spiro atoms. The number of benzene rings is 4. The Morgan fingerprint density at radius 2 is 0.861 bits per heavy atom. The molecule has 0 atom stereocenters. The van der Waals surface area contributed by atoms with E-state index in [1.807, 2.05) is 0 Å². The summed E-state index contributed by atoms with van der Waals surface area (Å²) >= 11 is 1.74. The first kappa shape index (κ1) is 30.0. The van der Waals surface area contributed by atoms with E-state index < -0.39 is 0 Å². The van der Waals surface area contributed by atoms with E-state index >= 15 is 0 Å². The van der Waals surface area contributed by atoms with Crippen LogP contribution in [0.1, 0.15) is 0 Å². The van der Waals surface area contributed by atoms with Gasteiger partial charge in [-0.2, -0.15) is 24.3 Å². The van der Waals surface area contributed by atoms with Crippen molar-refractivity contribution < 1.29 is 23.3 Å². The number of halogens is 2. The van der Waals surface area contributed by atoms with Crippen LogP contribution in [0.5, 0.6) is 0 Å². The van der Waals surface area contributed by atoms with Crippen LogP contribution in [0.4, 0.5) is 0 Å². The fourth-order valence-corrected chi connectivity index (χ4v) is 4.06. The minimum Gasteiger partial charge on any atom is -0.168 e. The minimum absolute atomic E-state index is 0. The molecule has 0 aliphatic heterocycles. The molecule has 0 aromatic heterocycles. The van der Waals surface area contributed by atoms with E-state index in [0.717, 1.165) is 0 Å². The van der Waals surface area contributed by atoms with E-state index in [1.54, 1.807) is 23.3 Å². The molecule has 0 aliphatic carbocycles. The number of fused-ring (bicyclic) bond motifs is 2. The zero-order valence-electron chi connectivity index (χ0n) is 20.5. The first-order valence-electron chi connectivity index (χ1n) is 11.5. The molecule has 0 aliphatic rings. The van der Waals surface area contributed by atoms with Crippen LogP contribution in [0.25, 0.3) is 43.8 Å². The monoisotopic (exact) mass is 602 g/mol. The van der Waals surface area contributed by atoms with E-state index in [1.165, 1.54) is 43.8 Å². The van der Waals surface area contributed by atoms with Crippen LogP contribution < -0.4 is 0 Å². The van der Waals surface area contributed by atoms with E-state index in [4.69, 9.17) is 0 Å². The van der Waals surface area contributed by atoms with Crippen molar-refractivity contribution in [3.63, 3.8) is 0 Å². The molecule has 0 heterocycles. The third-order valence-electron chi connectivity index (χ3n) is 5.53. The van der Waals surface area contributed by atoms with Crippen LogP contribution in [0.3, 0.4) is 0 Å². The number of rotatable bonds is 2. The molecule has 0 saturated carbocycles. The first-order chi connectivity index (χ1) is 16.6. The molecule has 0 radical (unpaired) electrons. The molecule has 36 heavy (non-hydrogen) atoms. The van der Waals surface area contributed by atoms with Gasteiger partial charge < -0.3 is 0 Å². The van der Waals surface area contributed by atoms with Gasteiger partial charge in [0.25, 0.3) is 0 Å². The van der Waals surface area contributed by atoms with Gasteiger partial charge in [0.2, 0.25) is 0 Å². The predicted molar refractivity (Wildman–Crippen MR) is 162 cm³/mol. The zero-order chi connectivity index (χ0) is 23.8. The van der Waals surface area contributed by atoms with Crippen molar-refractivity contribution in [3.05, 3.63) is 133 Å². The van der Waals surface area contributed by atoms with Crippen molar-refractivity contribution in [2.24, 2.45) is 0 Å². The summed E-state index contributed by atoms with van der Waals surface area (Å²) in [5.74, 6) is 0. The molecule has 6 aromatic carbocycles. The van der Waals surface area contributed by atoms with E-state index in [9.17, 15) is 0 Å². The summed E-state index contributed by atoms with van der Waals surface area (Å²) in [6.07, 6.45) is 0. The first-order valence-corrected chi connectivity index (χ1v) is 17.7. The van der Waals surface area contributed by atoms with Gasteiger partial charge in [0.1, 0.15) is 0 Å². The van der Waals surface area contributed by atoms with Gasteiger partial charge in [-0.15, -0.1) is 82.8 Å². The Morgan fingerprint density at radius 3 is 1.22 bits per heavy atom. The van der Waals surface area contributed by atoms with Crippen molar-refractivity contribution in [2.75, 3.05) is 0 Å². The van der Waals surface area contributed by atoms with Crippen LogP contribution in [0.2, 0.25) is 13.1 Å². The van der Waals surface area contributed by atoms with Crippen molar-refractivity contribution in [3.8, 4) is 22.3 Å². The van der Waals surface area contributed by atoms with Crippen molar-refractivity contribution in [1.82, 2.24) is 0 Å². The Bertz CT molecular complexity index is 1370. The second-order valence-electron chi connectivity index (χ2n) is 8.40. The van der Waals surface area contributed by atoms with Crippen LogP contribution >= 0.6 is 24.8 Å². The van der Waals surface area contributed by atoms with Crippen LogP contribution in [-0.2, 0) is 23.3 Å². The SMILES string of the molecule is C[Si](C)=[Zr+2].Cl.Cl.c1ccc(-c2cccc3[cH-]ccc23)cc1.c1ccc(-c2cccc3[cH-]ccc23)cc1. The Hall–Kier alpha value is -2.22. The Morgan fingerprint density at radius 1 is 0.500 bits per heavy atom. The van der Waals surface area contributed by atoms with E-state index in [-0.39, 0.29) is 30.2 Å². The van der Waals surface area contributed by atoms with Gasteiger partial charge in [-0.3, -0.25) is 0 Å². The number of hydrogen-bond acceptors (Lipinski definition) is 0.